The number of amides is 1. The van der Waals surface area contributed by atoms with Gasteiger partial charge in [-0.1, -0.05) is 47.5 Å². The van der Waals surface area contributed by atoms with Crippen LogP contribution in [0.2, 0.25) is 10.0 Å². The van der Waals surface area contributed by atoms with Crippen molar-refractivity contribution in [2.45, 2.75) is 6.54 Å². The Morgan fingerprint density at radius 1 is 1.00 bits per heavy atom. The third-order valence-electron chi connectivity index (χ3n) is 4.11. The van der Waals surface area contributed by atoms with Crippen molar-refractivity contribution < 1.29 is 19.1 Å². The Kier molecular flexibility index (Phi) is 7.27. The highest BCUT2D eigenvalue weighted by Crippen LogP contribution is 2.24. The molecule has 1 heterocycles. The first-order valence-electron chi connectivity index (χ1n) is 8.97. The third kappa shape index (κ3) is 5.72. The number of rotatable bonds is 7. The quantitative estimate of drug-likeness (QED) is 0.479. The van der Waals surface area contributed by atoms with Crippen LogP contribution < -0.4 is 4.74 Å². The highest BCUT2D eigenvalue weighted by atomic mass is 35.5. The molecule has 0 saturated heterocycles. The number of para-hydroxylation sites is 1. The molecule has 0 atom stereocenters. The average Bonchev–Trinajstić information content (AvgIpc) is 2.75. The second kappa shape index (κ2) is 10.1. The zero-order chi connectivity index (χ0) is 21.5. The Labute approximate surface area is 184 Å². The summed E-state index contributed by atoms with van der Waals surface area (Å²) in [6, 6.07) is 17.2. The van der Waals surface area contributed by atoms with Crippen molar-refractivity contribution in [2.24, 2.45) is 0 Å². The Morgan fingerprint density at radius 2 is 1.77 bits per heavy atom. The molecule has 0 fully saturated rings. The second-order valence-electron chi connectivity index (χ2n) is 6.35. The van der Waals surface area contributed by atoms with Gasteiger partial charge in [0.05, 0.1) is 10.0 Å². The Hall–Kier alpha value is -3.09. The van der Waals surface area contributed by atoms with Crippen LogP contribution >= 0.6 is 23.2 Å². The van der Waals surface area contributed by atoms with Crippen LogP contribution in [-0.4, -0.2) is 35.4 Å². The van der Waals surface area contributed by atoms with Gasteiger partial charge in [-0.2, -0.15) is 0 Å². The number of ether oxygens (including phenoxy) is 2. The summed E-state index contributed by atoms with van der Waals surface area (Å²) in [6.07, 6.45) is 1.51. The van der Waals surface area contributed by atoms with Gasteiger partial charge in [0.2, 0.25) is 5.88 Å². The number of aromatic nitrogens is 1. The van der Waals surface area contributed by atoms with E-state index in [0.717, 1.165) is 5.56 Å². The number of carbonyl (C=O) groups excluding carboxylic acids is 2. The van der Waals surface area contributed by atoms with E-state index in [0.29, 0.717) is 22.3 Å². The molecule has 3 aromatic rings. The molecule has 0 aliphatic heterocycles. The summed E-state index contributed by atoms with van der Waals surface area (Å²) in [5.74, 6) is -0.442. The van der Waals surface area contributed by atoms with Crippen molar-refractivity contribution in [2.75, 3.05) is 13.7 Å². The fourth-order valence-corrected chi connectivity index (χ4v) is 2.86. The maximum Gasteiger partial charge on any atom is 0.344 e. The monoisotopic (exact) mass is 444 g/mol. The van der Waals surface area contributed by atoms with Gasteiger partial charge in [0.1, 0.15) is 11.3 Å². The number of likely N-dealkylation sites (N-methyl/N-ethyl adjacent to an activating group) is 1. The zero-order valence-corrected chi connectivity index (χ0v) is 17.6. The van der Waals surface area contributed by atoms with E-state index in [1.54, 1.807) is 55.6 Å². The van der Waals surface area contributed by atoms with E-state index in [1.807, 2.05) is 6.07 Å². The van der Waals surface area contributed by atoms with Gasteiger partial charge in [0.25, 0.3) is 5.91 Å². The molecule has 0 saturated carbocycles. The first-order chi connectivity index (χ1) is 14.4. The Balaban J connectivity index is 1.59. The lowest BCUT2D eigenvalue weighted by molar-refractivity contribution is -0.133. The van der Waals surface area contributed by atoms with Crippen molar-refractivity contribution in [3.8, 4) is 11.6 Å². The molecule has 8 heteroatoms. The van der Waals surface area contributed by atoms with Crippen molar-refractivity contribution >= 4 is 35.1 Å². The molecular weight excluding hydrogens is 427 g/mol. The fraction of sp³-hybridized carbons (Fsp3) is 0.136. The maximum absolute atomic E-state index is 12.5. The van der Waals surface area contributed by atoms with E-state index in [4.69, 9.17) is 32.7 Å². The average molecular weight is 445 g/mol. The number of hydrogen-bond donors (Lipinski definition) is 0. The van der Waals surface area contributed by atoms with E-state index >= 15 is 0 Å². The lowest BCUT2D eigenvalue weighted by Gasteiger charge is -2.17. The summed E-state index contributed by atoms with van der Waals surface area (Å²) in [5.41, 5.74) is 0.929. The van der Waals surface area contributed by atoms with Gasteiger partial charge in [-0.25, -0.2) is 9.78 Å². The molecule has 1 amide bonds. The molecule has 0 spiro atoms. The van der Waals surface area contributed by atoms with Gasteiger partial charge in [-0.05, 0) is 42.0 Å². The van der Waals surface area contributed by atoms with Crippen LogP contribution in [0, 0.1) is 0 Å². The standard InChI is InChI=1S/C22H18Cl2N2O4/c1-26(13-15-9-10-18(23)19(24)12-15)20(27)14-29-22(28)17-8-5-11-25-21(17)30-16-6-3-2-4-7-16/h2-12H,13-14H2,1H3. The minimum absolute atomic E-state index is 0.102. The van der Waals surface area contributed by atoms with Crippen molar-refractivity contribution in [3.63, 3.8) is 0 Å². The molecule has 0 unspecified atom stereocenters. The van der Waals surface area contributed by atoms with Gasteiger partial charge in [-0.15, -0.1) is 0 Å². The number of esters is 1. The predicted molar refractivity (Wildman–Crippen MR) is 114 cm³/mol. The lowest BCUT2D eigenvalue weighted by Crippen LogP contribution is -2.30. The number of pyridine rings is 1. The number of halogens is 2. The summed E-state index contributed by atoms with van der Waals surface area (Å²) in [4.78, 5) is 30.3. The zero-order valence-electron chi connectivity index (χ0n) is 16.0. The second-order valence-corrected chi connectivity index (χ2v) is 7.16. The Morgan fingerprint density at radius 3 is 2.50 bits per heavy atom. The van der Waals surface area contributed by atoms with Crippen LogP contribution in [-0.2, 0) is 16.1 Å². The molecule has 2 aromatic carbocycles. The summed E-state index contributed by atoms with van der Waals surface area (Å²) in [6.45, 7) is -0.126. The van der Waals surface area contributed by atoms with Crippen molar-refractivity contribution in [1.29, 1.82) is 0 Å². The van der Waals surface area contributed by atoms with E-state index in [2.05, 4.69) is 4.98 Å². The highest BCUT2D eigenvalue weighted by molar-refractivity contribution is 6.42. The van der Waals surface area contributed by atoms with Crippen LogP contribution in [0.4, 0.5) is 0 Å². The molecule has 30 heavy (non-hydrogen) atoms. The van der Waals surface area contributed by atoms with E-state index in [-0.39, 0.29) is 17.4 Å². The minimum atomic E-state index is -0.703. The largest absolute Gasteiger partial charge is 0.452 e. The first-order valence-corrected chi connectivity index (χ1v) is 9.72. The summed E-state index contributed by atoms with van der Waals surface area (Å²) in [7, 11) is 1.60. The number of carbonyl (C=O) groups is 2. The van der Waals surface area contributed by atoms with E-state index < -0.39 is 12.6 Å². The molecule has 0 aliphatic carbocycles. The van der Waals surface area contributed by atoms with Gasteiger partial charge in [0, 0.05) is 19.8 Å². The van der Waals surface area contributed by atoms with Crippen molar-refractivity contribution in [3.05, 3.63) is 88.0 Å². The predicted octanol–water partition coefficient (Wildman–Crippen LogP) is 5.00. The molecule has 0 bridgehead atoms. The van der Waals surface area contributed by atoms with Gasteiger partial charge in [0.15, 0.2) is 6.61 Å². The van der Waals surface area contributed by atoms with Crippen LogP contribution in [0.25, 0.3) is 0 Å². The number of benzene rings is 2. The molecule has 0 aliphatic rings. The fourth-order valence-electron chi connectivity index (χ4n) is 2.54. The van der Waals surface area contributed by atoms with Crippen LogP contribution in [0.1, 0.15) is 15.9 Å². The third-order valence-corrected chi connectivity index (χ3v) is 4.84. The molecule has 3 rings (SSSR count). The molecule has 154 valence electrons. The molecule has 1 aromatic heterocycles. The minimum Gasteiger partial charge on any atom is -0.452 e. The van der Waals surface area contributed by atoms with E-state index in [9.17, 15) is 9.59 Å². The van der Waals surface area contributed by atoms with Crippen LogP contribution in [0.15, 0.2) is 66.9 Å². The topological polar surface area (TPSA) is 68.7 Å². The van der Waals surface area contributed by atoms with Crippen LogP contribution in [0.5, 0.6) is 11.6 Å². The first kappa shape index (κ1) is 21.6. The van der Waals surface area contributed by atoms with Gasteiger partial charge < -0.3 is 14.4 Å². The van der Waals surface area contributed by atoms with E-state index in [1.165, 1.54) is 17.2 Å². The summed E-state index contributed by atoms with van der Waals surface area (Å²) >= 11 is 11.9. The maximum atomic E-state index is 12.5. The highest BCUT2D eigenvalue weighted by Gasteiger charge is 2.18. The Bertz CT molecular complexity index is 1040. The van der Waals surface area contributed by atoms with Crippen LogP contribution in [0.3, 0.4) is 0 Å². The van der Waals surface area contributed by atoms with Gasteiger partial charge >= 0.3 is 5.97 Å². The van der Waals surface area contributed by atoms with Crippen molar-refractivity contribution in [1.82, 2.24) is 9.88 Å². The number of nitrogens with zero attached hydrogens (tertiary/aromatic N) is 2. The molecule has 0 radical (unpaired) electrons. The lowest BCUT2D eigenvalue weighted by atomic mass is 10.2. The smallest absolute Gasteiger partial charge is 0.344 e. The summed E-state index contributed by atoms with van der Waals surface area (Å²) in [5, 5.41) is 0.845. The number of hydrogen-bond acceptors (Lipinski definition) is 5. The molecular formula is C22H18Cl2N2O4. The summed E-state index contributed by atoms with van der Waals surface area (Å²) < 4.78 is 10.8. The molecule has 6 nitrogen and oxygen atoms in total. The normalized spacial score (nSPS) is 10.4. The van der Waals surface area contributed by atoms with Gasteiger partial charge in [-0.3, -0.25) is 4.79 Å². The molecule has 0 N–H and O–H groups in total. The SMILES string of the molecule is CN(Cc1ccc(Cl)c(Cl)c1)C(=O)COC(=O)c1cccnc1Oc1ccccc1.